The van der Waals surface area contributed by atoms with Gasteiger partial charge in [-0.25, -0.2) is 0 Å². The first kappa shape index (κ1) is 14.8. The highest BCUT2D eigenvalue weighted by Gasteiger charge is 2.50. The normalized spacial score (nSPS) is 28.4. The van der Waals surface area contributed by atoms with Crippen molar-refractivity contribution < 1.29 is 9.53 Å². The molecule has 1 aromatic carbocycles. The zero-order chi connectivity index (χ0) is 15.4. The maximum atomic E-state index is 12.6. The molecular formula is C18H22N2O2. The fourth-order valence-corrected chi connectivity index (χ4v) is 3.46. The molecule has 116 valence electrons. The number of anilines is 1. The minimum atomic E-state index is -0.574. The van der Waals surface area contributed by atoms with E-state index in [-0.39, 0.29) is 11.9 Å². The summed E-state index contributed by atoms with van der Waals surface area (Å²) >= 11 is 0. The van der Waals surface area contributed by atoms with Crippen LogP contribution in [0, 0.1) is 11.3 Å². The number of nitrogens with one attached hydrogen (secondary N) is 1. The lowest BCUT2D eigenvalue weighted by Gasteiger charge is -2.41. The molecule has 2 atom stereocenters. The Hall–Kier alpha value is -2.10. The third-order valence-electron chi connectivity index (χ3n) is 4.54. The van der Waals surface area contributed by atoms with E-state index in [1.54, 1.807) is 0 Å². The molecule has 1 aromatic rings. The van der Waals surface area contributed by atoms with Crippen molar-refractivity contribution in [1.29, 1.82) is 0 Å². The number of para-hydroxylation sites is 1. The lowest BCUT2D eigenvalue weighted by atomic mass is 9.63. The van der Waals surface area contributed by atoms with Gasteiger partial charge in [0.1, 0.15) is 5.41 Å². The quantitative estimate of drug-likeness (QED) is 0.523. The van der Waals surface area contributed by atoms with Crippen LogP contribution in [0.15, 0.2) is 47.6 Å². The predicted molar refractivity (Wildman–Crippen MR) is 87.7 cm³/mol. The highest BCUT2D eigenvalue weighted by Crippen LogP contribution is 2.45. The van der Waals surface area contributed by atoms with Crippen molar-refractivity contribution in [2.75, 3.05) is 12.0 Å². The zero-order valence-electron chi connectivity index (χ0n) is 12.9. The molecule has 0 aromatic heterocycles. The number of ether oxygens (including phenoxy) is 1. The number of nitrogens with zero attached hydrogens (tertiary/aromatic N) is 1. The third-order valence-corrected chi connectivity index (χ3v) is 4.54. The molecule has 4 nitrogen and oxygen atoms in total. The topological polar surface area (TPSA) is 50.7 Å². The van der Waals surface area contributed by atoms with Crippen molar-refractivity contribution in [1.82, 2.24) is 0 Å². The molecule has 2 aliphatic carbocycles. The van der Waals surface area contributed by atoms with Gasteiger partial charge in [0.2, 0.25) is 0 Å². The van der Waals surface area contributed by atoms with E-state index >= 15 is 0 Å². The SMILES string of the molecule is CCOC(=O)[C@@]12CC=C[C@@H](CCC1)/C2=N\Nc1ccccc1. The van der Waals surface area contributed by atoms with Gasteiger partial charge < -0.3 is 4.74 Å². The fraction of sp³-hybridized carbons (Fsp3) is 0.444. The first-order chi connectivity index (χ1) is 10.8. The minimum absolute atomic E-state index is 0.127. The standard InChI is InChI=1S/C18H22N2O2/c1-2-22-17(21)18-12-6-8-14(9-7-13-18)16(18)20-19-15-10-4-3-5-11-15/h3-6,8,10-11,14,19H,2,7,9,12-13H2,1H3/b20-16+/t14-,18-/m0/s1. The number of benzene rings is 1. The molecule has 0 spiro atoms. The number of rotatable bonds is 4. The second-order valence-corrected chi connectivity index (χ2v) is 5.91. The maximum absolute atomic E-state index is 12.6. The summed E-state index contributed by atoms with van der Waals surface area (Å²) in [7, 11) is 0. The van der Waals surface area contributed by atoms with Crippen LogP contribution in [0.1, 0.15) is 32.6 Å². The van der Waals surface area contributed by atoms with Gasteiger partial charge in [0, 0.05) is 5.92 Å². The Kier molecular flexibility index (Phi) is 4.27. The Morgan fingerprint density at radius 3 is 3.00 bits per heavy atom. The number of allylic oxidation sites excluding steroid dienone is 2. The molecule has 0 unspecified atom stereocenters. The van der Waals surface area contributed by atoms with E-state index in [1.165, 1.54) is 0 Å². The average Bonchev–Trinajstić information content (AvgIpc) is 2.53. The predicted octanol–water partition coefficient (Wildman–Crippen LogP) is 3.76. The monoisotopic (exact) mass is 298 g/mol. The molecule has 4 heteroatoms. The molecule has 0 radical (unpaired) electrons. The second-order valence-electron chi connectivity index (χ2n) is 5.91. The molecule has 2 aliphatic rings. The summed E-state index contributed by atoms with van der Waals surface area (Å²) in [5.41, 5.74) is 4.40. The van der Waals surface area contributed by atoms with E-state index in [2.05, 4.69) is 22.7 Å². The highest BCUT2D eigenvalue weighted by atomic mass is 16.5. The Balaban J connectivity index is 1.91. The summed E-state index contributed by atoms with van der Waals surface area (Å²) in [6.45, 7) is 2.26. The van der Waals surface area contributed by atoms with E-state index in [9.17, 15) is 4.79 Å². The van der Waals surface area contributed by atoms with Crippen molar-refractivity contribution in [2.24, 2.45) is 16.4 Å². The van der Waals surface area contributed by atoms with Crippen LogP contribution >= 0.6 is 0 Å². The number of hydrogen-bond acceptors (Lipinski definition) is 4. The smallest absolute Gasteiger partial charge is 0.318 e. The molecule has 3 rings (SSSR count). The summed E-state index contributed by atoms with van der Waals surface area (Å²) in [6.07, 6.45) is 7.90. The van der Waals surface area contributed by atoms with Gasteiger partial charge >= 0.3 is 5.97 Å². The molecule has 0 saturated heterocycles. The van der Waals surface area contributed by atoms with Gasteiger partial charge in [-0.1, -0.05) is 36.8 Å². The first-order valence-corrected chi connectivity index (χ1v) is 7.99. The summed E-state index contributed by atoms with van der Waals surface area (Å²) in [6, 6.07) is 9.83. The number of hydrogen-bond donors (Lipinski definition) is 1. The Bertz CT molecular complexity index is 594. The third kappa shape index (κ3) is 2.65. The van der Waals surface area contributed by atoms with E-state index < -0.39 is 5.41 Å². The molecule has 2 bridgehead atoms. The summed E-state index contributed by atoms with van der Waals surface area (Å²) in [5, 5.41) is 4.63. The molecule has 1 N–H and O–H groups in total. The van der Waals surface area contributed by atoms with E-state index in [1.807, 2.05) is 37.3 Å². The second kappa shape index (κ2) is 6.34. The van der Waals surface area contributed by atoms with Crippen LogP contribution in [0.2, 0.25) is 0 Å². The number of fused-ring (bicyclic) bond motifs is 2. The first-order valence-electron chi connectivity index (χ1n) is 7.99. The van der Waals surface area contributed by atoms with Crippen LogP contribution in [0.4, 0.5) is 5.69 Å². The Labute approximate surface area is 131 Å². The van der Waals surface area contributed by atoms with E-state index in [0.29, 0.717) is 13.0 Å². The van der Waals surface area contributed by atoms with Crippen molar-refractivity contribution in [3.63, 3.8) is 0 Å². The average molecular weight is 298 g/mol. The minimum Gasteiger partial charge on any atom is -0.465 e. The van der Waals surface area contributed by atoms with Crippen molar-refractivity contribution >= 4 is 17.4 Å². The van der Waals surface area contributed by atoms with Gasteiger partial charge in [-0.15, -0.1) is 0 Å². The zero-order valence-corrected chi connectivity index (χ0v) is 12.9. The van der Waals surface area contributed by atoms with Crippen molar-refractivity contribution in [3.05, 3.63) is 42.5 Å². The Morgan fingerprint density at radius 2 is 2.23 bits per heavy atom. The molecule has 0 heterocycles. The van der Waals surface area contributed by atoms with Gasteiger partial charge in [-0.05, 0) is 38.3 Å². The molecule has 1 saturated carbocycles. The number of carbonyl (C=O) groups is 1. The van der Waals surface area contributed by atoms with Crippen LogP contribution < -0.4 is 5.43 Å². The van der Waals surface area contributed by atoms with Crippen LogP contribution in [0.3, 0.4) is 0 Å². The number of hydrazone groups is 1. The summed E-state index contributed by atoms with van der Waals surface area (Å²) in [5.74, 6) is 0.112. The molecule has 0 amide bonds. The maximum Gasteiger partial charge on any atom is 0.318 e. The van der Waals surface area contributed by atoms with Gasteiger partial charge in [0.25, 0.3) is 0 Å². The molecule has 22 heavy (non-hydrogen) atoms. The van der Waals surface area contributed by atoms with E-state index in [0.717, 1.165) is 30.7 Å². The molecule has 0 aliphatic heterocycles. The lowest BCUT2D eigenvalue weighted by Crippen LogP contribution is -2.48. The number of esters is 1. The van der Waals surface area contributed by atoms with Gasteiger partial charge in [0.05, 0.1) is 18.0 Å². The van der Waals surface area contributed by atoms with Gasteiger partial charge in [0.15, 0.2) is 0 Å². The number of carbonyl (C=O) groups excluding carboxylic acids is 1. The van der Waals surface area contributed by atoms with Gasteiger partial charge in [-0.2, -0.15) is 5.10 Å². The summed E-state index contributed by atoms with van der Waals surface area (Å²) < 4.78 is 5.36. The van der Waals surface area contributed by atoms with Gasteiger partial charge in [-0.3, -0.25) is 10.2 Å². The Morgan fingerprint density at radius 1 is 1.41 bits per heavy atom. The van der Waals surface area contributed by atoms with Crippen molar-refractivity contribution in [3.8, 4) is 0 Å². The van der Waals surface area contributed by atoms with Crippen molar-refractivity contribution in [2.45, 2.75) is 32.6 Å². The fourth-order valence-electron chi connectivity index (χ4n) is 3.46. The molecule has 1 fully saturated rings. The largest absolute Gasteiger partial charge is 0.465 e. The summed E-state index contributed by atoms with van der Waals surface area (Å²) in [4.78, 5) is 12.6. The highest BCUT2D eigenvalue weighted by molar-refractivity contribution is 6.10. The molecular weight excluding hydrogens is 276 g/mol. The van der Waals surface area contributed by atoms with Crippen LogP contribution in [0.25, 0.3) is 0 Å². The lowest BCUT2D eigenvalue weighted by molar-refractivity contribution is -0.152. The van der Waals surface area contributed by atoms with Crippen LogP contribution in [-0.2, 0) is 9.53 Å². The van der Waals surface area contributed by atoms with Crippen LogP contribution in [0.5, 0.6) is 0 Å². The van der Waals surface area contributed by atoms with Crippen LogP contribution in [-0.4, -0.2) is 18.3 Å². The van der Waals surface area contributed by atoms with E-state index in [4.69, 9.17) is 4.74 Å².